The van der Waals surface area contributed by atoms with Crippen molar-refractivity contribution in [3.05, 3.63) is 62.6 Å². The van der Waals surface area contributed by atoms with Crippen molar-refractivity contribution in [1.29, 1.82) is 0 Å². The number of rotatable bonds is 8. The number of nitrogens with one attached hydrogen (secondary N) is 1. The zero-order valence-electron chi connectivity index (χ0n) is 19.7. The molecular weight excluding hydrogens is 534 g/mol. The number of halogens is 2. The molecule has 0 saturated carbocycles. The second kappa shape index (κ2) is 12.7. The lowest BCUT2D eigenvalue weighted by molar-refractivity contribution is 0.0126. The standard InChI is InChI=1S/C26H33BrClN3O2S/c1-2-34-25-6-5-22(28)15-21(25)17-29-26(32)19-3-4-20(24(27)16-19)18-30-9-11-31(12-10-30)23-7-13-33-14-8-23/h3-6,15-16,23H,2,7-14,17-18H2,1H3,(H,29,32). The molecule has 0 atom stereocenters. The van der Waals surface area contributed by atoms with Crippen LogP contribution in [0.25, 0.3) is 0 Å². The van der Waals surface area contributed by atoms with Crippen LogP contribution < -0.4 is 5.32 Å². The minimum Gasteiger partial charge on any atom is -0.381 e. The van der Waals surface area contributed by atoms with Crippen LogP contribution in [0.2, 0.25) is 5.02 Å². The van der Waals surface area contributed by atoms with Crippen molar-refractivity contribution in [3.8, 4) is 0 Å². The molecule has 1 amide bonds. The first-order chi connectivity index (χ1) is 16.5. The van der Waals surface area contributed by atoms with Crippen molar-refractivity contribution >= 4 is 45.2 Å². The number of benzene rings is 2. The van der Waals surface area contributed by atoms with Gasteiger partial charge in [0, 0.05) is 78.5 Å². The van der Waals surface area contributed by atoms with E-state index in [2.05, 4.69) is 44.0 Å². The number of nitrogens with zero attached hydrogens (tertiary/aromatic N) is 2. The fourth-order valence-electron chi connectivity index (χ4n) is 4.65. The van der Waals surface area contributed by atoms with Crippen LogP contribution in [0, 0.1) is 0 Å². The van der Waals surface area contributed by atoms with E-state index in [1.54, 1.807) is 11.8 Å². The number of carbonyl (C=O) groups is 1. The molecule has 1 N–H and O–H groups in total. The third kappa shape index (κ3) is 6.99. The van der Waals surface area contributed by atoms with Crippen molar-refractivity contribution in [1.82, 2.24) is 15.1 Å². The van der Waals surface area contributed by atoms with Crippen molar-refractivity contribution in [3.63, 3.8) is 0 Å². The highest BCUT2D eigenvalue weighted by molar-refractivity contribution is 9.10. The van der Waals surface area contributed by atoms with Gasteiger partial charge in [-0.3, -0.25) is 14.6 Å². The number of piperazine rings is 1. The quantitative estimate of drug-likeness (QED) is 0.431. The molecule has 2 aromatic rings. The highest BCUT2D eigenvalue weighted by Gasteiger charge is 2.25. The lowest BCUT2D eigenvalue weighted by Gasteiger charge is -2.40. The molecule has 0 radical (unpaired) electrons. The molecule has 0 spiro atoms. The first-order valence-corrected chi connectivity index (χ1v) is 14.2. The van der Waals surface area contributed by atoms with Gasteiger partial charge >= 0.3 is 0 Å². The summed E-state index contributed by atoms with van der Waals surface area (Å²) in [7, 11) is 0. The average Bonchev–Trinajstić information content (AvgIpc) is 2.86. The summed E-state index contributed by atoms with van der Waals surface area (Å²) in [6, 6.07) is 12.5. The maximum atomic E-state index is 12.8. The van der Waals surface area contributed by atoms with Gasteiger partial charge in [0.1, 0.15) is 0 Å². The fourth-order valence-corrected chi connectivity index (χ4v) is 6.15. The van der Waals surface area contributed by atoms with Gasteiger partial charge in [-0.2, -0.15) is 0 Å². The van der Waals surface area contributed by atoms with Gasteiger partial charge in [-0.15, -0.1) is 11.8 Å². The number of hydrogen-bond donors (Lipinski definition) is 1. The van der Waals surface area contributed by atoms with E-state index in [9.17, 15) is 4.79 Å². The zero-order valence-corrected chi connectivity index (χ0v) is 22.9. The Morgan fingerprint density at radius 3 is 2.59 bits per heavy atom. The number of thioether (sulfide) groups is 1. The van der Waals surface area contributed by atoms with Crippen LogP contribution >= 0.6 is 39.3 Å². The number of ether oxygens (including phenoxy) is 1. The Balaban J connectivity index is 1.30. The van der Waals surface area contributed by atoms with Gasteiger partial charge in [0.25, 0.3) is 5.91 Å². The summed E-state index contributed by atoms with van der Waals surface area (Å²) in [5, 5.41) is 3.73. The lowest BCUT2D eigenvalue weighted by atomic mass is 10.1. The Labute approximate surface area is 220 Å². The maximum absolute atomic E-state index is 12.8. The van der Waals surface area contributed by atoms with Crippen LogP contribution in [0.4, 0.5) is 0 Å². The Morgan fingerprint density at radius 2 is 1.88 bits per heavy atom. The summed E-state index contributed by atoms with van der Waals surface area (Å²) in [4.78, 5) is 19.1. The average molecular weight is 567 g/mol. The summed E-state index contributed by atoms with van der Waals surface area (Å²) in [5.41, 5.74) is 2.92. The van der Waals surface area contributed by atoms with Gasteiger partial charge in [-0.25, -0.2) is 0 Å². The fraction of sp³-hybridized carbons (Fsp3) is 0.500. The van der Waals surface area contributed by atoms with Gasteiger partial charge in [-0.05, 0) is 60.1 Å². The SMILES string of the molecule is CCSc1ccc(Cl)cc1CNC(=O)c1ccc(CN2CCN(C3CCOCC3)CC2)c(Br)c1. The third-order valence-corrected chi connectivity index (χ3v) is 8.56. The van der Waals surface area contributed by atoms with E-state index in [-0.39, 0.29) is 5.91 Å². The van der Waals surface area contributed by atoms with Crippen LogP contribution in [0.1, 0.15) is 41.3 Å². The van der Waals surface area contributed by atoms with Gasteiger partial charge in [0.05, 0.1) is 0 Å². The predicted octanol–water partition coefficient (Wildman–Crippen LogP) is 5.44. The van der Waals surface area contributed by atoms with Gasteiger partial charge in [-0.1, -0.05) is 40.5 Å². The van der Waals surface area contributed by atoms with E-state index in [0.717, 1.165) is 79.5 Å². The molecule has 184 valence electrons. The highest BCUT2D eigenvalue weighted by Crippen LogP contribution is 2.26. The molecule has 4 rings (SSSR count). The van der Waals surface area contributed by atoms with Crippen LogP contribution in [-0.2, 0) is 17.8 Å². The van der Waals surface area contributed by atoms with E-state index in [0.29, 0.717) is 23.2 Å². The molecule has 34 heavy (non-hydrogen) atoms. The highest BCUT2D eigenvalue weighted by atomic mass is 79.9. The Morgan fingerprint density at radius 1 is 1.12 bits per heavy atom. The Hall–Kier alpha value is -1.09. The topological polar surface area (TPSA) is 44.8 Å². The molecule has 5 nitrogen and oxygen atoms in total. The minimum absolute atomic E-state index is 0.0789. The smallest absolute Gasteiger partial charge is 0.251 e. The van der Waals surface area contributed by atoms with Crippen molar-refractivity contribution in [2.45, 2.75) is 43.8 Å². The number of carbonyl (C=O) groups excluding carboxylic acids is 1. The molecule has 0 bridgehead atoms. The van der Waals surface area contributed by atoms with Gasteiger partial charge in [0.15, 0.2) is 0 Å². The lowest BCUT2D eigenvalue weighted by Crippen LogP contribution is -2.51. The molecule has 2 saturated heterocycles. The Bertz CT molecular complexity index is 979. The van der Waals surface area contributed by atoms with Crippen LogP contribution in [0.5, 0.6) is 0 Å². The molecular formula is C26H33BrClN3O2S. The molecule has 0 unspecified atom stereocenters. The summed E-state index contributed by atoms with van der Waals surface area (Å²) < 4.78 is 6.49. The summed E-state index contributed by atoms with van der Waals surface area (Å²) in [6.07, 6.45) is 2.32. The second-order valence-corrected chi connectivity index (χ2v) is 11.4. The normalized spacial score (nSPS) is 18.2. The molecule has 2 heterocycles. The zero-order chi connectivity index (χ0) is 23.9. The molecule has 2 aromatic carbocycles. The molecule has 8 heteroatoms. The predicted molar refractivity (Wildman–Crippen MR) is 144 cm³/mol. The first kappa shape index (κ1) is 26.0. The summed E-state index contributed by atoms with van der Waals surface area (Å²) >= 11 is 11.6. The van der Waals surface area contributed by atoms with Crippen LogP contribution in [0.15, 0.2) is 45.8 Å². The van der Waals surface area contributed by atoms with E-state index in [4.69, 9.17) is 16.3 Å². The molecule has 2 fully saturated rings. The van der Waals surface area contributed by atoms with E-state index < -0.39 is 0 Å². The molecule has 2 aliphatic rings. The molecule has 0 aromatic heterocycles. The van der Waals surface area contributed by atoms with Crippen molar-refractivity contribution in [2.24, 2.45) is 0 Å². The number of hydrogen-bond acceptors (Lipinski definition) is 5. The van der Waals surface area contributed by atoms with E-state index >= 15 is 0 Å². The van der Waals surface area contributed by atoms with E-state index in [1.165, 1.54) is 5.56 Å². The largest absolute Gasteiger partial charge is 0.381 e. The number of amides is 1. The molecule has 2 aliphatic heterocycles. The summed E-state index contributed by atoms with van der Waals surface area (Å²) in [5.74, 6) is 0.895. The van der Waals surface area contributed by atoms with Gasteiger partial charge in [0.2, 0.25) is 0 Å². The van der Waals surface area contributed by atoms with E-state index in [1.807, 2.05) is 30.3 Å². The van der Waals surface area contributed by atoms with Crippen LogP contribution in [-0.4, -0.2) is 66.9 Å². The monoisotopic (exact) mass is 565 g/mol. The van der Waals surface area contributed by atoms with Crippen molar-refractivity contribution < 1.29 is 9.53 Å². The second-order valence-electron chi connectivity index (χ2n) is 8.83. The van der Waals surface area contributed by atoms with Crippen molar-refractivity contribution in [2.75, 3.05) is 45.1 Å². The van der Waals surface area contributed by atoms with Gasteiger partial charge < -0.3 is 10.1 Å². The third-order valence-electron chi connectivity index (χ3n) is 6.59. The maximum Gasteiger partial charge on any atom is 0.251 e. The minimum atomic E-state index is -0.0789. The Kier molecular flexibility index (Phi) is 9.74. The van der Waals surface area contributed by atoms with Crippen LogP contribution in [0.3, 0.4) is 0 Å². The summed E-state index contributed by atoms with van der Waals surface area (Å²) in [6.45, 7) is 9.64. The molecule has 0 aliphatic carbocycles. The first-order valence-electron chi connectivity index (χ1n) is 12.1.